The molecule has 0 aromatic heterocycles. The number of aliphatic hydroxyl groups excluding tert-OH is 1. The minimum atomic E-state index is -1.12. The zero-order valence-electron chi connectivity index (χ0n) is 8.48. The van der Waals surface area contributed by atoms with Crippen molar-refractivity contribution in [2.45, 2.75) is 13.8 Å². The minimum Gasteiger partial charge on any atom is -0.505 e. The first kappa shape index (κ1) is 11.0. The summed E-state index contributed by atoms with van der Waals surface area (Å²) in [7, 11) is 0. The van der Waals surface area contributed by atoms with Crippen molar-refractivity contribution in [2.75, 3.05) is 0 Å². The van der Waals surface area contributed by atoms with E-state index < -0.39 is 5.97 Å². The number of carboxylic acids is 1. The van der Waals surface area contributed by atoms with Crippen molar-refractivity contribution < 1.29 is 15.0 Å². The van der Waals surface area contributed by atoms with Crippen molar-refractivity contribution in [3.05, 3.63) is 35.0 Å². The minimum absolute atomic E-state index is 0.0811. The summed E-state index contributed by atoms with van der Waals surface area (Å²) in [5, 5.41) is 20.9. The maximum Gasteiger partial charge on any atom is 0.346 e. The second-order valence-corrected chi connectivity index (χ2v) is 3.10. The number of nitrogens with zero attached hydrogens (tertiary/aromatic N) is 1. The Morgan fingerprint density at radius 1 is 1.53 bits per heavy atom. The van der Waals surface area contributed by atoms with Crippen molar-refractivity contribution in [3.8, 4) is 0 Å². The fourth-order valence-electron chi connectivity index (χ4n) is 1.09. The van der Waals surface area contributed by atoms with Crippen LogP contribution in [0.5, 0.6) is 0 Å². The van der Waals surface area contributed by atoms with Gasteiger partial charge in [0.15, 0.2) is 0 Å². The molecular weight excluding hydrogens is 196 g/mol. The van der Waals surface area contributed by atoms with Gasteiger partial charge in [0.2, 0.25) is 0 Å². The van der Waals surface area contributed by atoms with Gasteiger partial charge in [0.05, 0.1) is 5.70 Å². The zero-order valence-corrected chi connectivity index (χ0v) is 8.48. The van der Waals surface area contributed by atoms with Gasteiger partial charge in [-0.25, -0.2) is 4.79 Å². The van der Waals surface area contributed by atoms with E-state index in [1.807, 2.05) is 0 Å². The third-order valence-corrected chi connectivity index (χ3v) is 1.93. The SMILES string of the molecule is CC1=CNC(C)=C(O)/C1=C\N=CC(=O)O. The Morgan fingerprint density at radius 2 is 2.20 bits per heavy atom. The molecule has 0 amide bonds. The number of aliphatic carboxylic acids is 1. The smallest absolute Gasteiger partial charge is 0.346 e. The number of dihydropyridines is 1. The Bertz CT molecular complexity index is 403. The monoisotopic (exact) mass is 208 g/mol. The van der Waals surface area contributed by atoms with Crippen molar-refractivity contribution in [2.24, 2.45) is 4.99 Å². The highest BCUT2D eigenvalue weighted by molar-refractivity contribution is 6.22. The Morgan fingerprint density at radius 3 is 2.80 bits per heavy atom. The number of nitrogens with one attached hydrogen (secondary N) is 1. The molecule has 0 saturated carbocycles. The maximum atomic E-state index is 10.2. The molecule has 0 aliphatic carbocycles. The number of carbonyl (C=O) groups is 1. The Labute approximate surface area is 87.1 Å². The molecule has 0 aromatic carbocycles. The summed E-state index contributed by atoms with van der Waals surface area (Å²) in [5.41, 5.74) is 1.92. The summed E-state index contributed by atoms with van der Waals surface area (Å²) in [6.07, 6.45) is 3.81. The van der Waals surface area contributed by atoms with Gasteiger partial charge in [-0.05, 0) is 19.4 Å². The molecule has 1 aliphatic heterocycles. The third kappa shape index (κ3) is 2.70. The number of hydrogen-bond acceptors (Lipinski definition) is 4. The van der Waals surface area contributed by atoms with Crippen LogP contribution in [0.2, 0.25) is 0 Å². The van der Waals surface area contributed by atoms with E-state index in [9.17, 15) is 9.90 Å². The largest absolute Gasteiger partial charge is 0.505 e. The lowest BCUT2D eigenvalue weighted by Crippen LogP contribution is -2.13. The van der Waals surface area contributed by atoms with E-state index >= 15 is 0 Å². The van der Waals surface area contributed by atoms with Gasteiger partial charge >= 0.3 is 5.97 Å². The van der Waals surface area contributed by atoms with Crippen LogP contribution in [-0.2, 0) is 4.79 Å². The van der Waals surface area contributed by atoms with Crippen LogP contribution in [-0.4, -0.2) is 22.4 Å². The number of rotatable bonds is 2. The van der Waals surface area contributed by atoms with Gasteiger partial charge in [0, 0.05) is 18.0 Å². The van der Waals surface area contributed by atoms with Gasteiger partial charge in [-0.15, -0.1) is 0 Å². The molecule has 1 aliphatic rings. The van der Waals surface area contributed by atoms with E-state index in [-0.39, 0.29) is 5.76 Å². The zero-order chi connectivity index (χ0) is 11.4. The second kappa shape index (κ2) is 4.45. The van der Waals surface area contributed by atoms with Crippen molar-refractivity contribution in [3.63, 3.8) is 0 Å². The summed E-state index contributed by atoms with van der Waals surface area (Å²) < 4.78 is 0. The Kier molecular flexibility index (Phi) is 3.28. The second-order valence-electron chi connectivity index (χ2n) is 3.10. The molecule has 0 unspecified atom stereocenters. The average Bonchev–Trinajstić information content (AvgIpc) is 2.17. The Hall–Kier alpha value is -2.04. The lowest BCUT2D eigenvalue weighted by atomic mass is 10.0. The van der Waals surface area contributed by atoms with Crippen molar-refractivity contribution >= 4 is 12.2 Å². The van der Waals surface area contributed by atoms with Crippen LogP contribution >= 0.6 is 0 Å². The first-order valence-electron chi connectivity index (χ1n) is 4.32. The van der Waals surface area contributed by atoms with Gasteiger partial charge in [-0.3, -0.25) is 4.99 Å². The van der Waals surface area contributed by atoms with Crippen LogP contribution in [0.4, 0.5) is 0 Å². The summed E-state index contributed by atoms with van der Waals surface area (Å²) in [5.74, 6) is -1.04. The lowest BCUT2D eigenvalue weighted by Gasteiger charge is -2.16. The van der Waals surface area contributed by atoms with Crippen LogP contribution in [0.1, 0.15) is 13.8 Å². The molecule has 0 fully saturated rings. The molecule has 0 spiro atoms. The van der Waals surface area contributed by atoms with Crippen LogP contribution in [0.15, 0.2) is 40.0 Å². The highest BCUT2D eigenvalue weighted by atomic mass is 16.4. The number of allylic oxidation sites excluding steroid dienone is 2. The average molecular weight is 208 g/mol. The molecule has 15 heavy (non-hydrogen) atoms. The summed E-state index contributed by atoms with van der Waals surface area (Å²) in [6, 6.07) is 0. The Balaban J connectivity index is 2.96. The van der Waals surface area contributed by atoms with E-state index in [1.54, 1.807) is 20.0 Å². The van der Waals surface area contributed by atoms with Gasteiger partial charge < -0.3 is 15.5 Å². The molecule has 80 valence electrons. The molecule has 5 heteroatoms. The van der Waals surface area contributed by atoms with Crippen LogP contribution < -0.4 is 5.32 Å². The third-order valence-electron chi connectivity index (χ3n) is 1.93. The lowest BCUT2D eigenvalue weighted by molar-refractivity contribution is -0.128. The van der Waals surface area contributed by atoms with E-state index in [1.165, 1.54) is 6.20 Å². The predicted molar refractivity (Wildman–Crippen MR) is 56.4 cm³/mol. The van der Waals surface area contributed by atoms with Gasteiger partial charge in [-0.2, -0.15) is 0 Å². The topological polar surface area (TPSA) is 81.9 Å². The number of aliphatic imine (C=N–C) groups is 1. The summed E-state index contributed by atoms with van der Waals surface area (Å²) in [4.78, 5) is 13.8. The summed E-state index contributed by atoms with van der Waals surface area (Å²) in [6.45, 7) is 3.50. The predicted octanol–water partition coefficient (Wildman–Crippen LogP) is 1.32. The van der Waals surface area contributed by atoms with Gasteiger partial charge in [-0.1, -0.05) is 0 Å². The molecule has 0 atom stereocenters. The number of aliphatic hydroxyl groups is 1. The van der Waals surface area contributed by atoms with E-state index in [0.717, 1.165) is 11.8 Å². The van der Waals surface area contributed by atoms with E-state index in [0.29, 0.717) is 11.3 Å². The normalized spacial score (nSPS) is 19.3. The number of carboxylic acid groups (broad SMARTS) is 1. The van der Waals surface area contributed by atoms with E-state index in [4.69, 9.17) is 5.11 Å². The van der Waals surface area contributed by atoms with Crippen LogP contribution in [0.3, 0.4) is 0 Å². The fraction of sp³-hybridized carbons (Fsp3) is 0.200. The molecule has 0 saturated heterocycles. The van der Waals surface area contributed by atoms with Crippen LogP contribution in [0.25, 0.3) is 0 Å². The number of hydrogen-bond donors (Lipinski definition) is 3. The highest BCUT2D eigenvalue weighted by Crippen LogP contribution is 2.22. The van der Waals surface area contributed by atoms with Crippen molar-refractivity contribution in [1.82, 2.24) is 5.32 Å². The standard InChI is InChI=1S/C10H12N2O3/c1-6-3-12-7(2)10(15)8(6)4-11-5-9(13)14/h3-5,12,15H,1-2H3,(H,13,14)/b8-4-,11-5?. The first-order valence-corrected chi connectivity index (χ1v) is 4.32. The molecule has 1 heterocycles. The quantitative estimate of drug-likeness (QED) is 0.598. The molecule has 3 N–H and O–H groups in total. The molecule has 1 rings (SSSR count). The maximum absolute atomic E-state index is 10.2. The van der Waals surface area contributed by atoms with Gasteiger partial charge in [0.25, 0.3) is 0 Å². The molecular formula is C10H12N2O3. The van der Waals surface area contributed by atoms with Gasteiger partial charge in [0.1, 0.15) is 12.0 Å². The molecule has 5 nitrogen and oxygen atoms in total. The highest BCUT2D eigenvalue weighted by Gasteiger charge is 2.13. The van der Waals surface area contributed by atoms with Crippen molar-refractivity contribution in [1.29, 1.82) is 0 Å². The summed E-state index contributed by atoms with van der Waals surface area (Å²) >= 11 is 0. The molecule has 0 aromatic rings. The first-order chi connectivity index (χ1) is 7.02. The molecule has 0 bridgehead atoms. The fourth-order valence-corrected chi connectivity index (χ4v) is 1.09. The molecule has 0 radical (unpaired) electrons. The van der Waals surface area contributed by atoms with E-state index in [2.05, 4.69) is 10.3 Å². The van der Waals surface area contributed by atoms with Crippen LogP contribution in [0, 0.1) is 0 Å².